The van der Waals surface area contributed by atoms with Gasteiger partial charge < -0.3 is 20.6 Å². The Hall–Kier alpha value is -7.20. The molecule has 10 aromatic rings. The summed E-state index contributed by atoms with van der Waals surface area (Å²) in [6.07, 6.45) is 7.05. The zero-order valence-corrected chi connectivity index (χ0v) is 36.0. The molecule has 0 atom stereocenters. The maximum atomic E-state index is 4.83. The molecule has 0 aliphatic carbocycles. The van der Waals surface area contributed by atoms with Gasteiger partial charge in [-0.3, -0.25) is 0 Å². The number of fused-ring (bicyclic) bond motifs is 4. The van der Waals surface area contributed by atoms with E-state index in [1.807, 2.05) is 36.7 Å². The van der Waals surface area contributed by atoms with Crippen molar-refractivity contribution in [3.63, 3.8) is 0 Å². The Kier molecular flexibility index (Phi) is 10.5. The highest BCUT2D eigenvalue weighted by Gasteiger charge is 2.15. The molecule has 0 aliphatic heterocycles. The van der Waals surface area contributed by atoms with E-state index in [4.69, 9.17) is 9.97 Å². The van der Waals surface area contributed by atoms with Crippen molar-refractivity contribution >= 4 is 90.4 Å². The molecule has 6 aromatic heterocycles. The summed E-state index contributed by atoms with van der Waals surface area (Å²) in [4.78, 5) is 39.0. The van der Waals surface area contributed by atoms with Gasteiger partial charge in [-0.15, -0.1) is 0 Å². The van der Waals surface area contributed by atoms with E-state index in [9.17, 15) is 0 Å². The molecule has 4 aromatic carbocycles. The number of nitrogens with zero attached hydrogens (tertiary/aromatic N) is 6. The summed E-state index contributed by atoms with van der Waals surface area (Å²) >= 11 is 3.36. The van der Waals surface area contributed by atoms with Crippen LogP contribution < -0.4 is 10.6 Å². The van der Waals surface area contributed by atoms with Gasteiger partial charge in [-0.25, -0.2) is 29.9 Å². The third kappa shape index (κ3) is 8.16. The van der Waals surface area contributed by atoms with Gasteiger partial charge in [0.05, 0.1) is 22.1 Å². The molecule has 0 fully saturated rings. The lowest BCUT2D eigenvalue weighted by Gasteiger charge is -2.14. The van der Waals surface area contributed by atoms with Gasteiger partial charge in [0, 0.05) is 65.5 Å². The van der Waals surface area contributed by atoms with Gasteiger partial charge in [0.25, 0.3) is 0 Å². The quantitative estimate of drug-likeness (QED) is 0.0986. The van der Waals surface area contributed by atoms with E-state index in [1.165, 1.54) is 10.8 Å². The van der Waals surface area contributed by atoms with E-state index in [1.54, 1.807) is 36.2 Å². The van der Waals surface area contributed by atoms with E-state index < -0.39 is 0 Å². The zero-order chi connectivity index (χ0) is 42.2. The first-order valence-electron chi connectivity index (χ1n) is 20.4. The minimum absolute atomic E-state index is 0.283. The van der Waals surface area contributed by atoms with E-state index in [-0.39, 0.29) is 11.8 Å². The molecule has 6 heterocycles. The number of H-pyrrole nitrogens is 2. The van der Waals surface area contributed by atoms with Crippen molar-refractivity contribution in [1.29, 1.82) is 0 Å². The molecule has 10 nitrogen and oxygen atoms in total. The maximum Gasteiger partial charge on any atom is 0.164 e. The summed E-state index contributed by atoms with van der Waals surface area (Å²) in [5, 5.41) is 11.3. The van der Waals surface area contributed by atoms with Crippen LogP contribution in [0, 0.1) is 11.8 Å². The molecule has 62 heavy (non-hydrogen) atoms. The van der Waals surface area contributed by atoms with Gasteiger partial charge in [0.2, 0.25) is 0 Å². The Balaban J connectivity index is 1.02. The molecule has 10 rings (SSSR count). The Morgan fingerprint density at radius 1 is 0.500 bits per heavy atom. The molecule has 0 amide bonds. The Bertz CT molecular complexity index is 3140. The van der Waals surface area contributed by atoms with Crippen LogP contribution >= 0.6 is 23.5 Å². The number of aromatic amines is 2. The van der Waals surface area contributed by atoms with Crippen LogP contribution in [0.2, 0.25) is 0 Å². The highest BCUT2D eigenvalue weighted by atomic mass is 32.2. The van der Waals surface area contributed by atoms with Crippen molar-refractivity contribution in [2.45, 2.75) is 59.1 Å². The minimum atomic E-state index is 0.283. The number of anilines is 4. The van der Waals surface area contributed by atoms with Gasteiger partial charge in [0.1, 0.15) is 24.3 Å². The third-order valence-corrected chi connectivity index (χ3v) is 12.7. The fraction of sp³-hybridized carbons (Fsp3) is 0.120. The van der Waals surface area contributed by atoms with Crippen molar-refractivity contribution < 1.29 is 0 Å². The highest BCUT2D eigenvalue weighted by Crippen LogP contribution is 2.39. The number of pyridine rings is 2. The first-order chi connectivity index (χ1) is 30.3. The van der Waals surface area contributed by atoms with Gasteiger partial charge in [-0.2, -0.15) is 0 Å². The largest absolute Gasteiger partial charge is 0.361 e. The number of aromatic nitrogens is 8. The van der Waals surface area contributed by atoms with Gasteiger partial charge in [0.15, 0.2) is 11.3 Å². The first-order valence-corrected chi connectivity index (χ1v) is 22.0. The third-order valence-electron chi connectivity index (χ3n) is 10.5. The maximum absolute atomic E-state index is 4.83. The molecule has 0 saturated heterocycles. The summed E-state index contributed by atoms with van der Waals surface area (Å²) in [5.74, 6) is 8.83. The second-order valence-corrected chi connectivity index (χ2v) is 17.8. The predicted octanol–water partition coefficient (Wildman–Crippen LogP) is 12.8. The molecule has 12 heteroatoms. The molecule has 0 spiro atoms. The van der Waals surface area contributed by atoms with Crippen molar-refractivity contribution in [3.8, 4) is 11.8 Å². The van der Waals surface area contributed by atoms with Gasteiger partial charge in [-0.1, -0.05) is 75.2 Å². The molecule has 0 unspecified atom stereocenters. The number of hydrogen-bond donors (Lipinski definition) is 4. The van der Waals surface area contributed by atoms with Crippen LogP contribution in [0.25, 0.3) is 43.9 Å². The lowest BCUT2D eigenvalue weighted by atomic mass is 10.1. The zero-order valence-electron chi connectivity index (χ0n) is 34.4. The summed E-state index contributed by atoms with van der Waals surface area (Å²) in [7, 11) is 0. The van der Waals surface area contributed by atoms with Crippen molar-refractivity contribution in [3.05, 3.63) is 157 Å². The Morgan fingerprint density at radius 2 is 0.968 bits per heavy atom. The first kappa shape index (κ1) is 39.0. The van der Waals surface area contributed by atoms with Gasteiger partial charge >= 0.3 is 0 Å². The monoisotopic (exact) mass is 844 g/mol. The lowest BCUT2D eigenvalue weighted by Crippen LogP contribution is -2.01. The van der Waals surface area contributed by atoms with E-state index in [2.05, 4.69) is 165 Å². The van der Waals surface area contributed by atoms with Crippen molar-refractivity contribution in [2.75, 3.05) is 10.6 Å². The fourth-order valence-corrected chi connectivity index (χ4v) is 9.03. The van der Waals surface area contributed by atoms with Crippen LogP contribution in [0.3, 0.4) is 0 Å². The molecular weight excluding hydrogens is 805 g/mol. The molecule has 302 valence electrons. The Labute approximate surface area is 366 Å². The van der Waals surface area contributed by atoms with E-state index in [0.717, 1.165) is 75.3 Å². The average molecular weight is 845 g/mol. The SMILES string of the molecule is CC(C)c1ccc2c(Nc3cc(C#Cc4ccc(Sc5ccc6cc[nH]c6c5)c(Nc5ncnc6nc(C(C)C)ccc56)c4)ccc3Sc3ccc4cc[nH]c4c3)ncnc2n1. The topological polar surface area (TPSA) is 133 Å². The molecule has 0 radical (unpaired) electrons. The molecule has 0 saturated carbocycles. The van der Waals surface area contributed by atoms with Crippen LogP contribution in [-0.4, -0.2) is 39.9 Å². The lowest BCUT2D eigenvalue weighted by molar-refractivity contribution is 0.827. The standard InChI is InChI=1S/C50H40N10S2/c1-29(2)39-15-13-37-47(57-39)53-27-55-49(37)59-43-23-31(7-17-45(43)61-35-11-9-33-19-21-51-41(33)25-35)5-6-32-8-18-46(62-36-12-10-34-20-22-52-42(34)26-36)44(24-32)60-50-38-14-16-40(30(3)4)58-48(38)54-28-56-50/h7-30,51-52H,1-4H3,(H,53,55,57,59)(H,54,56,58,60). The van der Waals surface area contributed by atoms with Crippen molar-refractivity contribution in [2.24, 2.45) is 0 Å². The smallest absolute Gasteiger partial charge is 0.164 e. The molecule has 4 N–H and O–H groups in total. The van der Waals surface area contributed by atoms with Crippen LogP contribution in [0.4, 0.5) is 23.0 Å². The van der Waals surface area contributed by atoms with Crippen LogP contribution in [0.15, 0.2) is 154 Å². The van der Waals surface area contributed by atoms with E-state index in [0.29, 0.717) is 22.9 Å². The predicted molar refractivity (Wildman–Crippen MR) is 253 cm³/mol. The highest BCUT2D eigenvalue weighted by molar-refractivity contribution is 7.99. The van der Waals surface area contributed by atoms with Gasteiger partial charge in [-0.05, 0) is 120 Å². The van der Waals surface area contributed by atoms with Crippen LogP contribution in [0.5, 0.6) is 0 Å². The summed E-state index contributed by atoms with van der Waals surface area (Å²) < 4.78 is 0. The fourth-order valence-electron chi connectivity index (χ4n) is 7.18. The van der Waals surface area contributed by atoms with Crippen LogP contribution in [-0.2, 0) is 0 Å². The average Bonchev–Trinajstić information content (AvgIpc) is 3.96. The number of rotatable bonds is 10. The molecule has 0 bridgehead atoms. The normalized spacial score (nSPS) is 11.5. The number of hydrogen-bond acceptors (Lipinski definition) is 10. The second kappa shape index (κ2) is 16.7. The van der Waals surface area contributed by atoms with Crippen LogP contribution in [0.1, 0.15) is 62.0 Å². The second-order valence-electron chi connectivity index (χ2n) is 15.5. The number of benzene rings is 4. The van der Waals surface area contributed by atoms with Crippen molar-refractivity contribution in [1.82, 2.24) is 39.9 Å². The molecular formula is C50H40N10S2. The molecule has 0 aliphatic rings. The Morgan fingerprint density at radius 3 is 1.42 bits per heavy atom. The summed E-state index contributed by atoms with van der Waals surface area (Å²) in [6, 6.07) is 37.8. The minimum Gasteiger partial charge on any atom is -0.361 e. The summed E-state index contributed by atoms with van der Waals surface area (Å²) in [6.45, 7) is 8.52. The number of nitrogens with one attached hydrogen (secondary N) is 4. The van der Waals surface area contributed by atoms with E-state index >= 15 is 0 Å². The summed E-state index contributed by atoms with van der Waals surface area (Å²) in [5.41, 5.74) is 8.89.